The highest BCUT2D eigenvalue weighted by molar-refractivity contribution is 7.91. The molecule has 1 aromatic carbocycles. The Morgan fingerprint density at radius 2 is 1.85 bits per heavy atom. The summed E-state index contributed by atoms with van der Waals surface area (Å²) in [5, 5.41) is 2.39. The second-order valence-corrected chi connectivity index (χ2v) is 9.79. The predicted octanol–water partition coefficient (Wildman–Crippen LogP) is 2.62. The molecule has 0 radical (unpaired) electrons. The average molecular weight is 436 g/mol. The molecule has 1 aliphatic heterocycles. The molecule has 27 heavy (non-hydrogen) atoms. The number of benzene rings is 1. The van der Waals surface area contributed by atoms with Crippen molar-refractivity contribution in [2.75, 3.05) is 38.0 Å². The lowest BCUT2D eigenvalue weighted by Crippen LogP contribution is -2.50. The first-order valence-corrected chi connectivity index (χ1v) is 10.6. The van der Waals surface area contributed by atoms with Crippen molar-refractivity contribution in [2.45, 2.75) is 4.21 Å². The standard InChI is InChI=1S/C16H16ClF2N3O3S2/c17-14-3-4-16(26-14)27(24,25)22-7-5-21(6-8-22)10-15(23)20-13-2-1-11(18)9-12(13)19/h1-4,9H,5-8,10H2,(H,20,23). The van der Waals surface area contributed by atoms with Crippen LogP contribution in [-0.4, -0.2) is 56.3 Å². The summed E-state index contributed by atoms with van der Waals surface area (Å²) < 4.78 is 53.5. The van der Waals surface area contributed by atoms with Crippen LogP contribution in [0.1, 0.15) is 0 Å². The summed E-state index contributed by atoms with van der Waals surface area (Å²) in [7, 11) is -3.60. The maximum Gasteiger partial charge on any atom is 0.252 e. The molecule has 3 rings (SSSR count). The Morgan fingerprint density at radius 3 is 2.44 bits per heavy atom. The summed E-state index contributed by atoms with van der Waals surface area (Å²) in [6.07, 6.45) is 0. The number of hydrogen-bond acceptors (Lipinski definition) is 5. The smallest absolute Gasteiger partial charge is 0.252 e. The number of carbonyl (C=O) groups excluding carboxylic acids is 1. The molecule has 1 N–H and O–H groups in total. The van der Waals surface area contributed by atoms with Crippen molar-refractivity contribution in [2.24, 2.45) is 0 Å². The van der Waals surface area contributed by atoms with Crippen LogP contribution in [0.25, 0.3) is 0 Å². The quantitative estimate of drug-likeness (QED) is 0.783. The number of thiophene rings is 1. The van der Waals surface area contributed by atoms with Crippen LogP contribution in [-0.2, 0) is 14.8 Å². The minimum absolute atomic E-state index is 0.0183. The number of halogens is 3. The molecule has 11 heteroatoms. The van der Waals surface area contributed by atoms with E-state index in [1.165, 1.54) is 16.4 Å². The van der Waals surface area contributed by atoms with Gasteiger partial charge in [0.25, 0.3) is 10.0 Å². The lowest BCUT2D eigenvalue weighted by molar-refractivity contribution is -0.117. The van der Waals surface area contributed by atoms with Gasteiger partial charge in [-0.3, -0.25) is 9.69 Å². The summed E-state index contributed by atoms with van der Waals surface area (Å²) in [6, 6.07) is 5.90. The number of hydrogen-bond donors (Lipinski definition) is 1. The lowest BCUT2D eigenvalue weighted by atomic mass is 10.3. The third-order valence-electron chi connectivity index (χ3n) is 4.05. The van der Waals surface area contributed by atoms with Crippen LogP contribution >= 0.6 is 22.9 Å². The first kappa shape index (κ1) is 20.2. The van der Waals surface area contributed by atoms with Gasteiger partial charge in [-0.2, -0.15) is 4.31 Å². The van der Waals surface area contributed by atoms with Crippen LogP contribution in [0.15, 0.2) is 34.5 Å². The van der Waals surface area contributed by atoms with Crippen molar-refractivity contribution in [3.63, 3.8) is 0 Å². The van der Waals surface area contributed by atoms with Crippen molar-refractivity contribution in [1.29, 1.82) is 0 Å². The Hall–Kier alpha value is -1.59. The predicted molar refractivity (Wildman–Crippen MR) is 99.5 cm³/mol. The minimum Gasteiger partial charge on any atom is -0.322 e. The molecule has 1 fully saturated rings. The Balaban J connectivity index is 1.54. The van der Waals surface area contributed by atoms with E-state index in [1.807, 2.05) is 0 Å². The first-order valence-electron chi connectivity index (χ1n) is 7.98. The molecule has 2 aromatic rings. The van der Waals surface area contributed by atoms with Gasteiger partial charge in [-0.15, -0.1) is 11.3 Å². The molecule has 1 aromatic heterocycles. The van der Waals surface area contributed by atoms with Gasteiger partial charge in [0.2, 0.25) is 5.91 Å². The number of rotatable bonds is 5. The Labute approximate surface area is 164 Å². The van der Waals surface area contributed by atoms with E-state index >= 15 is 0 Å². The first-order chi connectivity index (χ1) is 12.8. The second-order valence-electron chi connectivity index (χ2n) is 5.91. The van der Waals surface area contributed by atoms with Crippen LogP contribution in [0, 0.1) is 11.6 Å². The molecule has 2 heterocycles. The maximum absolute atomic E-state index is 13.6. The third-order valence-corrected chi connectivity index (χ3v) is 7.64. The highest BCUT2D eigenvalue weighted by atomic mass is 35.5. The molecule has 0 spiro atoms. The molecule has 146 valence electrons. The van der Waals surface area contributed by atoms with Crippen molar-refractivity contribution in [3.05, 3.63) is 46.3 Å². The Kier molecular flexibility index (Phi) is 6.11. The van der Waals surface area contributed by atoms with E-state index < -0.39 is 27.6 Å². The Bertz CT molecular complexity index is 944. The fraction of sp³-hybridized carbons (Fsp3) is 0.312. The highest BCUT2D eigenvalue weighted by Crippen LogP contribution is 2.28. The van der Waals surface area contributed by atoms with Crippen molar-refractivity contribution < 1.29 is 22.0 Å². The van der Waals surface area contributed by atoms with Crippen LogP contribution in [0.3, 0.4) is 0 Å². The summed E-state index contributed by atoms with van der Waals surface area (Å²) in [5.74, 6) is -2.04. The molecule has 0 bridgehead atoms. The molecule has 0 saturated carbocycles. The van der Waals surface area contributed by atoms with Gasteiger partial charge in [-0.25, -0.2) is 17.2 Å². The van der Waals surface area contributed by atoms with Crippen LogP contribution in [0.5, 0.6) is 0 Å². The van der Waals surface area contributed by atoms with Gasteiger partial charge >= 0.3 is 0 Å². The second kappa shape index (κ2) is 8.19. The van der Waals surface area contributed by atoms with Gasteiger partial charge in [0, 0.05) is 32.2 Å². The monoisotopic (exact) mass is 435 g/mol. The van der Waals surface area contributed by atoms with Gasteiger partial charge < -0.3 is 5.32 Å². The van der Waals surface area contributed by atoms with E-state index in [2.05, 4.69) is 5.32 Å². The zero-order valence-electron chi connectivity index (χ0n) is 14.0. The summed E-state index contributed by atoms with van der Waals surface area (Å²) in [5.41, 5.74) is -0.0998. The fourth-order valence-corrected chi connectivity index (χ4v) is 5.73. The fourth-order valence-electron chi connectivity index (χ4n) is 2.68. The van der Waals surface area contributed by atoms with E-state index in [-0.39, 0.29) is 29.5 Å². The zero-order valence-corrected chi connectivity index (χ0v) is 16.4. The molecular weight excluding hydrogens is 420 g/mol. The van der Waals surface area contributed by atoms with Gasteiger partial charge in [-0.05, 0) is 24.3 Å². The van der Waals surface area contributed by atoms with Crippen molar-refractivity contribution in [1.82, 2.24) is 9.21 Å². The third kappa shape index (κ3) is 4.82. The van der Waals surface area contributed by atoms with E-state index in [0.717, 1.165) is 23.5 Å². The molecule has 0 unspecified atom stereocenters. The summed E-state index contributed by atoms with van der Waals surface area (Å²) >= 11 is 6.81. The van der Waals surface area contributed by atoms with Crippen LogP contribution in [0.4, 0.5) is 14.5 Å². The SMILES string of the molecule is O=C(CN1CCN(S(=O)(=O)c2ccc(Cl)s2)CC1)Nc1ccc(F)cc1F. The van der Waals surface area contributed by atoms with Crippen LogP contribution in [0.2, 0.25) is 4.34 Å². The van der Waals surface area contributed by atoms with E-state index in [9.17, 15) is 22.0 Å². The minimum atomic E-state index is -3.60. The lowest BCUT2D eigenvalue weighted by Gasteiger charge is -2.33. The molecule has 1 saturated heterocycles. The zero-order chi connectivity index (χ0) is 19.6. The largest absolute Gasteiger partial charge is 0.322 e. The van der Waals surface area contributed by atoms with Crippen molar-refractivity contribution >= 4 is 44.6 Å². The van der Waals surface area contributed by atoms with E-state index in [4.69, 9.17) is 11.6 Å². The Morgan fingerprint density at radius 1 is 1.15 bits per heavy atom. The van der Waals surface area contributed by atoms with Gasteiger partial charge in [0.05, 0.1) is 16.6 Å². The summed E-state index contributed by atoms with van der Waals surface area (Å²) in [6.45, 7) is 1.16. The highest BCUT2D eigenvalue weighted by Gasteiger charge is 2.30. The maximum atomic E-state index is 13.6. The molecule has 1 amide bonds. The van der Waals surface area contributed by atoms with Gasteiger partial charge in [0.15, 0.2) is 0 Å². The van der Waals surface area contributed by atoms with E-state index in [1.54, 1.807) is 4.90 Å². The summed E-state index contributed by atoms with van der Waals surface area (Å²) in [4.78, 5) is 13.8. The van der Waals surface area contributed by atoms with Gasteiger partial charge in [0.1, 0.15) is 15.8 Å². The number of sulfonamides is 1. The van der Waals surface area contributed by atoms with Crippen LogP contribution < -0.4 is 5.32 Å². The molecule has 0 atom stereocenters. The molecule has 6 nitrogen and oxygen atoms in total. The normalized spacial score (nSPS) is 16.4. The number of amides is 1. The molecular formula is C16H16ClF2N3O3S2. The van der Waals surface area contributed by atoms with E-state index in [0.29, 0.717) is 23.5 Å². The average Bonchev–Trinajstić information content (AvgIpc) is 3.05. The molecule has 0 aliphatic carbocycles. The number of nitrogens with zero attached hydrogens (tertiary/aromatic N) is 2. The topological polar surface area (TPSA) is 69.7 Å². The van der Waals surface area contributed by atoms with Gasteiger partial charge in [-0.1, -0.05) is 11.6 Å². The number of carbonyl (C=O) groups is 1. The van der Waals surface area contributed by atoms with Crippen molar-refractivity contribution in [3.8, 4) is 0 Å². The number of anilines is 1. The molecule has 1 aliphatic rings. The number of nitrogens with one attached hydrogen (secondary N) is 1. The number of piperazine rings is 1.